The van der Waals surface area contributed by atoms with Gasteiger partial charge in [-0.15, -0.1) is 0 Å². The van der Waals surface area contributed by atoms with E-state index in [1.54, 1.807) is 6.07 Å². The van der Waals surface area contributed by atoms with E-state index in [-0.39, 0.29) is 5.78 Å². The van der Waals surface area contributed by atoms with Crippen LogP contribution in [0.4, 0.5) is 0 Å². The van der Waals surface area contributed by atoms with Gasteiger partial charge in [-0.25, -0.2) is 4.79 Å². The van der Waals surface area contributed by atoms with E-state index in [1.165, 1.54) is 20.0 Å². The van der Waals surface area contributed by atoms with Crippen molar-refractivity contribution in [3.8, 4) is 0 Å². The molecule has 2 aromatic carbocycles. The van der Waals surface area contributed by atoms with Gasteiger partial charge in [-0.3, -0.25) is 4.79 Å². The Bertz CT molecular complexity index is 1130. The normalized spacial score (nSPS) is 15.8. The molecule has 4 nitrogen and oxygen atoms in total. The van der Waals surface area contributed by atoms with Gasteiger partial charge in [0.05, 0.1) is 18.2 Å². The van der Waals surface area contributed by atoms with Crippen molar-refractivity contribution in [1.82, 2.24) is 4.57 Å². The molecule has 0 saturated carbocycles. The van der Waals surface area contributed by atoms with Gasteiger partial charge in [0.1, 0.15) is 0 Å². The smallest absolute Gasteiger partial charge is 0.338 e. The number of rotatable bonds is 7. The molecule has 0 spiro atoms. The van der Waals surface area contributed by atoms with Gasteiger partial charge in [-0.1, -0.05) is 56.0 Å². The molecule has 1 aromatic heterocycles. The first-order chi connectivity index (χ1) is 15.0. The Kier molecular flexibility index (Phi) is 6.47. The number of fused-ring (bicyclic) bond motifs is 3. The molecule has 0 fully saturated rings. The van der Waals surface area contributed by atoms with Crippen molar-refractivity contribution >= 4 is 34.3 Å². The number of Topliss-reactive ketones (excluding diaryl/α,β-unsaturated/α-hetero) is 1. The molecule has 0 amide bonds. The number of ether oxygens (including phenoxy) is 1. The lowest BCUT2D eigenvalue weighted by atomic mass is 9.82. The Morgan fingerprint density at radius 2 is 1.97 bits per heavy atom. The Morgan fingerprint density at radius 1 is 1.16 bits per heavy atom. The van der Waals surface area contributed by atoms with Gasteiger partial charge in [-0.2, -0.15) is 0 Å². The van der Waals surface area contributed by atoms with E-state index < -0.39 is 5.97 Å². The number of nitrogens with zero attached hydrogens (tertiary/aromatic N) is 1. The molecule has 0 radical (unpaired) electrons. The molecular weight excluding hydrogens is 410 g/mol. The monoisotopic (exact) mass is 437 g/mol. The van der Waals surface area contributed by atoms with Crippen molar-refractivity contribution in [2.24, 2.45) is 5.92 Å². The molecule has 1 unspecified atom stereocenters. The van der Waals surface area contributed by atoms with Crippen molar-refractivity contribution in [1.29, 1.82) is 0 Å². The van der Waals surface area contributed by atoms with Crippen LogP contribution in [0.5, 0.6) is 0 Å². The van der Waals surface area contributed by atoms with Crippen LogP contribution in [-0.4, -0.2) is 23.4 Å². The highest BCUT2D eigenvalue weighted by Crippen LogP contribution is 2.38. The molecule has 0 bridgehead atoms. The zero-order chi connectivity index (χ0) is 22.0. The van der Waals surface area contributed by atoms with Gasteiger partial charge in [0.15, 0.2) is 5.78 Å². The van der Waals surface area contributed by atoms with Gasteiger partial charge in [-0.05, 0) is 48.6 Å². The summed E-state index contributed by atoms with van der Waals surface area (Å²) in [4.78, 5) is 25.8. The minimum absolute atomic E-state index is 0.133. The summed E-state index contributed by atoms with van der Waals surface area (Å²) in [6, 6.07) is 13.4. The molecule has 0 N–H and O–H groups in total. The molecule has 3 aromatic rings. The van der Waals surface area contributed by atoms with Crippen LogP contribution in [0.2, 0.25) is 5.02 Å². The third kappa shape index (κ3) is 4.27. The average Bonchev–Trinajstić information content (AvgIpc) is 3.07. The molecule has 1 aliphatic carbocycles. The molecule has 1 atom stereocenters. The highest BCUT2D eigenvalue weighted by molar-refractivity contribution is 6.30. The summed E-state index contributed by atoms with van der Waals surface area (Å²) in [7, 11) is 1.38. The van der Waals surface area contributed by atoms with Gasteiger partial charge < -0.3 is 9.30 Å². The number of carbonyl (C=O) groups excluding carboxylic acids is 2. The molecule has 31 heavy (non-hydrogen) atoms. The second-order valence-corrected chi connectivity index (χ2v) is 8.86. The van der Waals surface area contributed by atoms with Crippen LogP contribution in [0.25, 0.3) is 10.9 Å². The first-order valence-corrected chi connectivity index (χ1v) is 11.4. The van der Waals surface area contributed by atoms with Gasteiger partial charge in [0.2, 0.25) is 0 Å². The summed E-state index contributed by atoms with van der Waals surface area (Å²) >= 11 is 6.22. The van der Waals surface area contributed by atoms with Crippen molar-refractivity contribution in [3.63, 3.8) is 0 Å². The summed E-state index contributed by atoms with van der Waals surface area (Å²) in [5.41, 5.74) is 4.15. The van der Waals surface area contributed by atoms with Crippen LogP contribution in [0.1, 0.15) is 71.0 Å². The number of aromatic nitrogens is 1. The van der Waals surface area contributed by atoms with Crippen LogP contribution in [0.3, 0.4) is 0 Å². The van der Waals surface area contributed by atoms with Gasteiger partial charge in [0, 0.05) is 34.6 Å². The lowest BCUT2D eigenvalue weighted by Gasteiger charge is -2.24. The molecule has 0 saturated heterocycles. The second kappa shape index (κ2) is 9.27. The van der Waals surface area contributed by atoms with Crippen molar-refractivity contribution in [2.45, 2.75) is 52.0 Å². The van der Waals surface area contributed by atoms with Crippen LogP contribution in [0, 0.1) is 5.92 Å². The summed E-state index contributed by atoms with van der Waals surface area (Å²) in [5, 5.41) is 1.41. The molecule has 1 heterocycles. The third-order valence-electron chi connectivity index (χ3n) is 6.28. The molecule has 5 heteroatoms. The summed E-state index contributed by atoms with van der Waals surface area (Å²) in [6.07, 6.45) is 5.95. The zero-order valence-electron chi connectivity index (χ0n) is 18.1. The minimum Gasteiger partial charge on any atom is -0.465 e. The van der Waals surface area contributed by atoms with E-state index in [0.717, 1.165) is 41.4 Å². The van der Waals surface area contributed by atoms with Crippen LogP contribution in [-0.2, 0) is 17.7 Å². The summed E-state index contributed by atoms with van der Waals surface area (Å²) in [6.45, 7) is 2.80. The SMILES string of the molecule is CCCCCC1CC(=O)c2c(n(Cc3cccc(Cl)c3)c3cccc(C(=O)OC)c23)C1. The predicted molar refractivity (Wildman–Crippen MR) is 124 cm³/mol. The Hall–Kier alpha value is -2.59. The van der Waals surface area contributed by atoms with Gasteiger partial charge >= 0.3 is 5.97 Å². The zero-order valence-corrected chi connectivity index (χ0v) is 18.9. The standard InChI is InChI=1S/C26H28ClNO3/c1-3-4-5-8-17-14-22-25(23(29)15-17)24-20(26(30)31-2)11-7-12-21(24)28(22)16-18-9-6-10-19(27)13-18/h6-7,9-13,17H,3-5,8,14-16H2,1-2H3. The van der Waals surface area contributed by atoms with Crippen molar-refractivity contribution in [3.05, 3.63) is 69.9 Å². The number of carbonyl (C=O) groups is 2. The summed E-state index contributed by atoms with van der Waals surface area (Å²) < 4.78 is 7.22. The number of benzene rings is 2. The fraction of sp³-hybridized carbons (Fsp3) is 0.385. The van der Waals surface area contributed by atoms with E-state index in [4.69, 9.17) is 16.3 Å². The Balaban J connectivity index is 1.86. The Labute approximate surface area is 188 Å². The number of hydrogen-bond acceptors (Lipinski definition) is 3. The molecule has 0 aliphatic heterocycles. The molecule has 4 rings (SSSR count). The van der Waals surface area contributed by atoms with Crippen LogP contribution < -0.4 is 0 Å². The molecule has 162 valence electrons. The minimum atomic E-state index is -0.411. The maximum absolute atomic E-state index is 13.3. The van der Waals surface area contributed by atoms with Crippen molar-refractivity contribution in [2.75, 3.05) is 7.11 Å². The van der Waals surface area contributed by atoms with Crippen molar-refractivity contribution < 1.29 is 14.3 Å². The Morgan fingerprint density at radius 3 is 2.71 bits per heavy atom. The fourth-order valence-electron chi connectivity index (χ4n) is 4.84. The van der Waals surface area contributed by atoms with Gasteiger partial charge in [0.25, 0.3) is 0 Å². The number of halogens is 1. The van der Waals surface area contributed by atoms with E-state index in [1.807, 2.05) is 36.4 Å². The molecule has 1 aliphatic rings. The van der Waals surface area contributed by atoms with E-state index in [2.05, 4.69) is 11.5 Å². The summed E-state index contributed by atoms with van der Waals surface area (Å²) in [5.74, 6) is 0.0654. The van der Waals surface area contributed by atoms with Crippen LogP contribution in [0.15, 0.2) is 42.5 Å². The number of hydrogen-bond donors (Lipinski definition) is 0. The largest absolute Gasteiger partial charge is 0.465 e. The highest BCUT2D eigenvalue weighted by Gasteiger charge is 2.33. The predicted octanol–water partition coefficient (Wildman–Crippen LogP) is 6.46. The number of methoxy groups -OCH3 is 1. The lowest BCUT2D eigenvalue weighted by molar-refractivity contribution is 0.0603. The molecular formula is C26H28ClNO3. The third-order valence-corrected chi connectivity index (χ3v) is 6.52. The average molecular weight is 438 g/mol. The number of unbranched alkanes of at least 4 members (excludes halogenated alkanes) is 2. The highest BCUT2D eigenvalue weighted by atomic mass is 35.5. The maximum atomic E-state index is 13.3. The maximum Gasteiger partial charge on any atom is 0.338 e. The first kappa shape index (κ1) is 21.6. The topological polar surface area (TPSA) is 48.3 Å². The fourth-order valence-corrected chi connectivity index (χ4v) is 5.05. The number of esters is 1. The van der Waals surface area contributed by atoms with E-state index >= 15 is 0 Å². The lowest BCUT2D eigenvalue weighted by Crippen LogP contribution is -2.22. The van der Waals surface area contributed by atoms with E-state index in [0.29, 0.717) is 35.0 Å². The van der Waals surface area contributed by atoms with E-state index in [9.17, 15) is 9.59 Å². The second-order valence-electron chi connectivity index (χ2n) is 8.42. The number of ketones is 1. The quantitative estimate of drug-likeness (QED) is 0.315. The first-order valence-electron chi connectivity index (χ1n) is 11.0. The van der Waals surface area contributed by atoms with Crippen LogP contribution >= 0.6 is 11.6 Å².